The predicted octanol–water partition coefficient (Wildman–Crippen LogP) is 2.60. The fourth-order valence-corrected chi connectivity index (χ4v) is 4.50. The van der Waals surface area contributed by atoms with Crippen LogP contribution in [-0.2, 0) is 21.1 Å². The van der Waals surface area contributed by atoms with Crippen LogP contribution in [-0.4, -0.2) is 47.4 Å². The van der Waals surface area contributed by atoms with Crippen LogP contribution in [0.4, 0.5) is 5.69 Å². The maximum absolute atomic E-state index is 13.2. The van der Waals surface area contributed by atoms with Crippen molar-refractivity contribution in [3.05, 3.63) is 59.5 Å². The molecular weight excluding hydrogens is 394 g/mol. The lowest BCUT2D eigenvalue weighted by Gasteiger charge is -2.28. The summed E-state index contributed by atoms with van der Waals surface area (Å²) in [6, 6.07) is 11.6. The average Bonchev–Trinajstić information content (AvgIpc) is 3.07. The quantitative estimate of drug-likeness (QED) is 0.689. The molecule has 0 bridgehead atoms. The summed E-state index contributed by atoms with van der Waals surface area (Å²) in [5.41, 5.74) is 1.33. The van der Waals surface area contributed by atoms with Crippen molar-refractivity contribution in [2.45, 2.75) is 12.5 Å². The van der Waals surface area contributed by atoms with E-state index in [-0.39, 0.29) is 18.1 Å². The molecule has 0 saturated heterocycles. The van der Waals surface area contributed by atoms with E-state index in [1.807, 2.05) is 0 Å². The lowest BCUT2D eigenvalue weighted by Crippen LogP contribution is -2.42. The second kappa shape index (κ2) is 8.57. The number of anilines is 1. The Morgan fingerprint density at radius 2 is 1.69 bits per heavy atom. The zero-order valence-corrected chi connectivity index (χ0v) is 17.3. The van der Waals surface area contributed by atoms with Gasteiger partial charge in [0.1, 0.15) is 5.75 Å². The lowest BCUT2D eigenvalue weighted by atomic mass is 10.1. The standard InChI is InChI=1S/C21H23NO6S/c1-26-18-7-5-16(6-8-18)22(17-10-11-29(24,25)14-17)21(23)13-15-4-9-19(27-2)20(12-15)28-3/h4-12,17H,13-14H2,1-3H3/t17-/m0/s1. The van der Waals surface area contributed by atoms with Crippen LogP contribution >= 0.6 is 0 Å². The van der Waals surface area contributed by atoms with Gasteiger partial charge in [0.25, 0.3) is 0 Å². The highest BCUT2D eigenvalue weighted by atomic mass is 32.2. The smallest absolute Gasteiger partial charge is 0.231 e. The Balaban J connectivity index is 1.91. The van der Waals surface area contributed by atoms with Crippen LogP contribution in [0.5, 0.6) is 17.2 Å². The third-order valence-corrected chi connectivity index (χ3v) is 6.04. The van der Waals surface area contributed by atoms with Crippen LogP contribution in [0.2, 0.25) is 0 Å². The number of rotatable bonds is 7. The summed E-state index contributed by atoms with van der Waals surface area (Å²) in [6.45, 7) is 0. The first kappa shape index (κ1) is 20.7. The summed E-state index contributed by atoms with van der Waals surface area (Å²) in [5.74, 6) is 1.37. The Kier molecular flexibility index (Phi) is 6.12. The van der Waals surface area contributed by atoms with E-state index in [9.17, 15) is 13.2 Å². The molecule has 8 heteroatoms. The van der Waals surface area contributed by atoms with Crippen molar-refractivity contribution in [1.29, 1.82) is 0 Å². The number of carbonyl (C=O) groups is 1. The van der Waals surface area contributed by atoms with E-state index in [1.165, 1.54) is 12.0 Å². The molecule has 0 unspecified atom stereocenters. The first-order chi connectivity index (χ1) is 13.9. The number of sulfone groups is 1. The van der Waals surface area contributed by atoms with Crippen molar-refractivity contribution in [2.75, 3.05) is 32.0 Å². The minimum absolute atomic E-state index is 0.0801. The lowest BCUT2D eigenvalue weighted by molar-refractivity contribution is -0.118. The molecule has 0 saturated carbocycles. The number of hydrogen-bond donors (Lipinski definition) is 0. The Morgan fingerprint density at radius 1 is 1.00 bits per heavy atom. The molecule has 0 N–H and O–H groups in total. The number of ether oxygens (including phenoxy) is 3. The highest BCUT2D eigenvalue weighted by Crippen LogP contribution is 2.29. The van der Waals surface area contributed by atoms with Crippen LogP contribution in [0.1, 0.15) is 5.56 Å². The normalized spacial score (nSPS) is 17.0. The van der Waals surface area contributed by atoms with Gasteiger partial charge in [-0.2, -0.15) is 0 Å². The molecule has 2 aromatic carbocycles. The molecule has 1 atom stereocenters. The van der Waals surface area contributed by atoms with Crippen LogP contribution in [0, 0.1) is 0 Å². The van der Waals surface area contributed by atoms with E-state index in [1.54, 1.807) is 62.8 Å². The zero-order valence-electron chi connectivity index (χ0n) is 16.5. The Hall–Kier alpha value is -3.00. The molecule has 29 heavy (non-hydrogen) atoms. The van der Waals surface area contributed by atoms with Gasteiger partial charge in [0.05, 0.1) is 39.5 Å². The van der Waals surface area contributed by atoms with E-state index >= 15 is 0 Å². The monoisotopic (exact) mass is 417 g/mol. The first-order valence-corrected chi connectivity index (χ1v) is 10.7. The summed E-state index contributed by atoms with van der Waals surface area (Å²) in [5, 5.41) is 1.16. The molecule has 7 nitrogen and oxygen atoms in total. The molecule has 0 aromatic heterocycles. The third-order valence-electron chi connectivity index (χ3n) is 4.67. The minimum Gasteiger partial charge on any atom is -0.497 e. The van der Waals surface area contributed by atoms with Crippen LogP contribution in [0.25, 0.3) is 0 Å². The molecule has 1 aliphatic heterocycles. The number of nitrogens with zero attached hydrogens (tertiary/aromatic N) is 1. The largest absolute Gasteiger partial charge is 0.497 e. The van der Waals surface area contributed by atoms with Gasteiger partial charge in [-0.05, 0) is 48.0 Å². The van der Waals surface area contributed by atoms with Gasteiger partial charge in [-0.15, -0.1) is 0 Å². The summed E-state index contributed by atoms with van der Waals surface area (Å²) < 4.78 is 39.6. The summed E-state index contributed by atoms with van der Waals surface area (Å²) in [7, 11) is 1.31. The first-order valence-electron chi connectivity index (χ1n) is 8.95. The predicted molar refractivity (Wildman–Crippen MR) is 110 cm³/mol. The van der Waals surface area contributed by atoms with Crippen LogP contribution < -0.4 is 19.1 Å². The average molecular weight is 417 g/mol. The summed E-state index contributed by atoms with van der Waals surface area (Å²) in [4.78, 5) is 14.7. The molecular formula is C21H23NO6S. The van der Waals surface area contributed by atoms with Gasteiger partial charge in [-0.1, -0.05) is 6.07 Å². The fourth-order valence-electron chi connectivity index (χ4n) is 3.23. The molecule has 3 rings (SSSR count). The van der Waals surface area contributed by atoms with Crippen molar-refractivity contribution in [1.82, 2.24) is 0 Å². The van der Waals surface area contributed by atoms with Crippen molar-refractivity contribution in [3.63, 3.8) is 0 Å². The highest BCUT2D eigenvalue weighted by Gasteiger charge is 2.31. The van der Waals surface area contributed by atoms with E-state index in [0.717, 1.165) is 11.0 Å². The van der Waals surface area contributed by atoms with Gasteiger partial charge < -0.3 is 19.1 Å². The van der Waals surface area contributed by atoms with E-state index in [0.29, 0.717) is 22.9 Å². The summed E-state index contributed by atoms with van der Waals surface area (Å²) >= 11 is 0. The van der Waals surface area contributed by atoms with E-state index in [2.05, 4.69) is 0 Å². The molecule has 0 radical (unpaired) electrons. The molecule has 1 amide bonds. The van der Waals surface area contributed by atoms with Crippen LogP contribution in [0.15, 0.2) is 53.9 Å². The van der Waals surface area contributed by atoms with Gasteiger partial charge in [0.15, 0.2) is 21.3 Å². The number of hydrogen-bond acceptors (Lipinski definition) is 6. The molecule has 1 heterocycles. The maximum Gasteiger partial charge on any atom is 0.231 e. The number of amides is 1. The topological polar surface area (TPSA) is 82.1 Å². The zero-order chi connectivity index (χ0) is 21.0. The van der Waals surface area contributed by atoms with Gasteiger partial charge in [-0.3, -0.25) is 4.79 Å². The minimum atomic E-state index is -3.32. The van der Waals surface area contributed by atoms with Crippen molar-refractivity contribution < 1.29 is 27.4 Å². The van der Waals surface area contributed by atoms with Gasteiger partial charge in [0.2, 0.25) is 5.91 Å². The molecule has 0 aliphatic carbocycles. The Morgan fingerprint density at radius 3 is 2.24 bits per heavy atom. The SMILES string of the molecule is COc1ccc(N(C(=O)Cc2ccc(OC)c(OC)c2)[C@H]2C=CS(=O)(=O)C2)cc1. The molecule has 0 spiro atoms. The van der Waals surface area contributed by atoms with Gasteiger partial charge in [0, 0.05) is 11.1 Å². The molecule has 2 aromatic rings. The molecule has 154 valence electrons. The Bertz CT molecular complexity index is 1010. The maximum atomic E-state index is 13.2. The number of benzene rings is 2. The fraction of sp³-hybridized carbons (Fsp3) is 0.286. The van der Waals surface area contributed by atoms with Gasteiger partial charge in [-0.25, -0.2) is 8.42 Å². The van der Waals surface area contributed by atoms with Crippen molar-refractivity contribution in [3.8, 4) is 17.2 Å². The van der Waals surface area contributed by atoms with Gasteiger partial charge >= 0.3 is 0 Å². The van der Waals surface area contributed by atoms with E-state index in [4.69, 9.17) is 14.2 Å². The molecule has 1 aliphatic rings. The third kappa shape index (κ3) is 4.71. The van der Waals surface area contributed by atoms with E-state index < -0.39 is 15.9 Å². The second-order valence-corrected chi connectivity index (χ2v) is 8.48. The summed E-state index contributed by atoms with van der Waals surface area (Å²) in [6.07, 6.45) is 1.63. The van der Waals surface area contributed by atoms with Crippen molar-refractivity contribution >= 4 is 21.4 Å². The second-order valence-electron chi connectivity index (χ2n) is 6.55. The highest BCUT2D eigenvalue weighted by molar-refractivity contribution is 7.94. The Labute approximate surface area is 170 Å². The van der Waals surface area contributed by atoms with Crippen LogP contribution in [0.3, 0.4) is 0 Å². The number of carbonyl (C=O) groups excluding carboxylic acids is 1. The molecule has 0 fully saturated rings. The number of methoxy groups -OCH3 is 3. The van der Waals surface area contributed by atoms with Crippen molar-refractivity contribution in [2.24, 2.45) is 0 Å².